The first-order chi connectivity index (χ1) is 18.0. The highest BCUT2D eigenvalue weighted by atomic mass is 35.5. The fourth-order valence-corrected chi connectivity index (χ4v) is 5.85. The molecule has 14 heteroatoms. The van der Waals surface area contributed by atoms with E-state index >= 15 is 0 Å². The molecule has 0 atom stereocenters. The minimum atomic E-state index is -3.99. The maximum absolute atomic E-state index is 13.2. The molecule has 2 aromatic heterocycles. The van der Waals surface area contributed by atoms with Crippen molar-refractivity contribution in [2.45, 2.75) is 46.1 Å². The summed E-state index contributed by atoms with van der Waals surface area (Å²) in [6, 6.07) is 4.57. The molecule has 0 amide bonds. The van der Waals surface area contributed by atoms with Crippen LogP contribution in [0.15, 0.2) is 33.8 Å². The van der Waals surface area contributed by atoms with Crippen molar-refractivity contribution in [1.29, 1.82) is 0 Å². The molecule has 0 aliphatic carbocycles. The molecule has 1 saturated heterocycles. The number of anilines is 3. The van der Waals surface area contributed by atoms with Crippen molar-refractivity contribution in [3.8, 4) is 5.75 Å². The van der Waals surface area contributed by atoms with Crippen LogP contribution >= 0.6 is 34.9 Å². The van der Waals surface area contributed by atoms with Crippen molar-refractivity contribution >= 4 is 62.3 Å². The molecule has 1 aliphatic heterocycles. The van der Waals surface area contributed by atoms with E-state index in [1.54, 1.807) is 6.07 Å². The van der Waals surface area contributed by atoms with Crippen molar-refractivity contribution in [2.24, 2.45) is 5.92 Å². The average molecular weight is 608 g/mol. The van der Waals surface area contributed by atoms with Gasteiger partial charge in [-0.1, -0.05) is 57.8 Å². The van der Waals surface area contributed by atoms with Crippen molar-refractivity contribution in [2.75, 3.05) is 43.9 Å². The van der Waals surface area contributed by atoms with Crippen molar-refractivity contribution in [1.82, 2.24) is 18.0 Å². The number of halogens is 2. The number of phenols is 1. The molecule has 10 nitrogen and oxygen atoms in total. The van der Waals surface area contributed by atoms with Crippen LogP contribution in [0.3, 0.4) is 0 Å². The topological polar surface area (TPSA) is 124 Å². The Hall–Kier alpha value is -2.09. The van der Waals surface area contributed by atoms with Crippen LogP contribution in [0.5, 0.6) is 5.75 Å². The number of nitrogens with one attached hydrogen (secondary N) is 2. The molecule has 1 aromatic carbocycles. The number of hydrogen-bond acceptors (Lipinski definition) is 10. The fourth-order valence-electron chi connectivity index (χ4n) is 3.18. The summed E-state index contributed by atoms with van der Waals surface area (Å²) in [4.78, 5) is 1.70. The maximum atomic E-state index is 13.2. The van der Waals surface area contributed by atoms with Crippen LogP contribution in [-0.4, -0.2) is 64.7 Å². The normalized spacial score (nSPS) is 14.3. The van der Waals surface area contributed by atoms with Crippen LogP contribution in [0, 0.1) is 5.92 Å². The number of benzene rings is 1. The summed E-state index contributed by atoms with van der Waals surface area (Å²) < 4.78 is 41.3. The lowest BCUT2D eigenvalue weighted by Crippen LogP contribution is -2.47. The van der Waals surface area contributed by atoms with Gasteiger partial charge >= 0.3 is 0 Å². The van der Waals surface area contributed by atoms with Crippen LogP contribution in [0.25, 0.3) is 0 Å². The first kappa shape index (κ1) is 32.1. The molecule has 0 saturated carbocycles. The lowest BCUT2D eigenvalue weighted by molar-refractivity contribution is 0.222. The molecule has 0 unspecified atom stereocenters. The summed E-state index contributed by atoms with van der Waals surface area (Å²) in [5.41, 5.74) is 0.138. The molecule has 0 bridgehead atoms. The molecule has 0 spiro atoms. The lowest BCUT2D eigenvalue weighted by Gasteiger charge is -2.32. The van der Waals surface area contributed by atoms with E-state index in [2.05, 4.69) is 40.2 Å². The molecule has 0 radical (unpaired) electrons. The van der Waals surface area contributed by atoms with Gasteiger partial charge in [-0.3, -0.25) is 0 Å². The van der Waals surface area contributed by atoms with Crippen LogP contribution in [0.2, 0.25) is 10.0 Å². The quantitative estimate of drug-likeness (QED) is 0.272. The van der Waals surface area contributed by atoms with Crippen molar-refractivity contribution in [3.05, 3.63) is 40.3 Å². The Kier molecular flexibility index (Phi) is 12.6. The number of hydrogen-bond donors (Lipinski definition) is 3. The van der Waals surface area contributed by atoms with E-state index in [1.165, 1.54) is 22.7 Å². The zero-order chi connectivity index (χ0) is 28.5. The second kappa shape index (κ2) is 14.9. The summed E-state index contributed by atoms with van der Waals surface area (Å²) in [6.45, 7) is 12.6. The van der Waals surface area contributed by atoms with Crippen molar-refractivity contribution in [3.63, 3.8) is 0 Å². The van der Waals surface area contributed by atoms with Crippen molar-refractivity contribution < 1.29 is 17.9 Å². The predicted molar refractivity (Wildman–Crippen MR) is 155 cm³/mol. The van der Waals surface area contributed by atoms with E-state index < -0.39 is 15.8 Å². The molecule has 3 heterocycles. The zero-order valence-corrected chi connectivity index (χ0v) is 25.6. The third-order valence-corrected chi connectivity index (χ3v) is 8.06. The van der Waals surface area contributed by atoms with Gasteiger partial charge in [0, 0.05) is 32.2 Å². The summed E-state index contributed by atoms with van der Waals surface area (Å²) in [7, 11) is -2.07. The third kappa shape index (κ3) is 8.72. The number of piperazine rings is 1. The smallest absolute Gasteiger partial charge is 0.248 e. The summed E-state index contributed by atoms with van der Waals surface area (Å²) in [5, 5.41) is 17.2. The van der Waals surface area contributed by atoms with Gasteiger partial charge in [0.1, 0.15) is 16.9 Å². The minimum Gasteiger partial charge on any atom is -0.504 e. The first-order valence-corrected chi connectivity index (χ1v) is 15.2. The molecule has 3 aromatic rings. The van der Waals surface area contributed by atoms with Gasteiger partial charge in [-0.15, -0.1) is 0 Å². The van der Waals surface area contributed by atoms with E-state index in [0.717, 1.165) is 17.6 Å². The van der Waals surface area contributed by atoms with Gasteiger partial charge in [0.15, 0.2) is 17.4 Å². The fraction of sp³-hybridized carbons (Fsp3) is 0.500. The monoisotopic (exact) mass is 606 g/mol. The molecular weight excluding hydrogens is 571 g/mol. The predicted octanol–water partition coefficient (Wildman–Crippen LogP) is 6.12. The molecule has 212 valence electrons. The average Bonchev–Trinajstić information content (AvgIpc) is 3.49. The maximum Gasteiger partial charge on any atom is 0.248 e. The molecule has 3 N–H and O–H groups in total. The summed E-state index contributed by atoms with van der Waals surface area (Å²) in [5.74, 6) is 1.67. The Morgan fingerprint density at radius 2 is 1.71 bits per heavy atom. The molecular formula is C24H36Cl2N6O4S2. The zero-order valence-electron chi connectivity index (χ0n) is 22.5. The van der Waals surface area contributed by atoms with Crippen LogP contribution in [0.1, 0.15) is 40.4 Å². The van der Waals surface area contributed by atoms with E-state index in [1.807, 2.05) is 25.8 Å². The molecule has 4 rings (SSSR count). The number of aromatic hydroxyl groups is 1. The van der Waals surface area contributed by atoms with E-state index in [-0.39, 0.29) is 15.6 Å². The van der Waals surface area contributed by atoms with Gasteiger partial charge in [-0.2, -0.15) is 13.1 Å². The second-order valence-electron chi connectivity index (χ2n) is 8.88. The highest BCUT2D eigenvalue weighted by molar-refractivity contribution is 7.89. The van der Waals surface area contributed by atoms with Gasteiger partial charge in [0.2, 0.25) is 10.0 Å². The Bertz CT molecular complexity index is 1260. The van der Waals surface area contributed by atoms with Gasteiger partial charge in [0.05, 0.1) is 34.0 Å². The molecule has 1 aliphatic rings. The largest absolute Gasteiger partial charge is 0.504 e. The SMILES string of the molecule is CC.CC(C)C.CN1CCN(S(=O)(=O)c2c(Cl)ccc(Nc3nsnc3NCc3cc(Cl)co3)c2O)CC1. The number of aromatic nitrogens is 2. The molecule has 38 heavy (non-hydrogen) atoms. The van der Waals surface area contributed by atoms with Gasteiger partial charge in [-0.25, -0.2) is 8.42 Å². The highest BCUT2D eigenvalue weighted by Gasteiger charge is 2.33. The molecule has 1 fully saturated rings. The van der Waals surface area contributed by atoms with Gasteiger partial charge < -0.3 is 25.1 Å². The summed E-state index contributed by atoms with van der Waals surface area (Å²) in [6.07, 6.45) is 1.42. The number of rotatable bonds is 7. The standard InChI is InChI=1S/C18H20Cl2N6O4S2.C4H10.C2H6/c1-25-4-6-26(7-5-25)32(28,29)16-13(20)2-3-14(15(16)27)22-18-17(23-31-24-18)21-9-12-8-11(19)10-30-12;1-4(2)3;1-2/h2-3,8,10,27H,4-7,9H2,1H3,(H,21,23)(H,22,24);4H,1-3H3;1-2H3. The number of likely N-dealkylation sites (N-methyl/N-ethyl adjacent to an activating group) is 1. The number of nitrogens with zero attached hydrogens (tertiary/aromatic N) is 4. The number of phenolic OH excluding ortho intramolecular Hbond substituents is 1. The Morgan fingerprint density at radius 1 is 1.11 bits per heavy atom. The number of furan rings is 1. The third-order valence-electron chi connectivity index (χ3n) is 4.94. The van der Waals surface area contributed by atoms with Gasteiger partial charge in [-0.05, 0) is 25.1 Å². The van der Waals surface area contributed by atoms with Crippen LogP contribution in [0.4, 0.5) is 17.3 Å². The van der Waals surface area contributed by atoms with E-state index in [4.69, 9.17) is 27.6 Å². The Balaban J connectivity index is 0.000000773. The minimum absolute atomic E-state index is 0.0589. The van der Waals surface area contributed by atoms with E-state index in [0.29, 0.717) is 55.1 Å². The highest BCUT2D eigenvalue weighted by Crippen LogP contribution is 2.40. The lowest BCUT2D eigenvalue weighted by atomic mass is 10.3. The number of sulfonamides is 1. The van der Waals surface area contributed by atoms with Gasteiger partial charge in [0.25, 0.3) is 0 Å². The Labute approximate surface area is 239 Å². The Morgan fingerprint density at radius 3 is 2.29 bits per heavy atom. The summed E-state index contributed by atoms with van der Waals surface area (Å²) >= 11 is 13.0. The van der Waals surface area contributed by atoms with E-state index in [9.17, 15) is 13.5 Å². The van der Waals surface area contributed by atoms with Crippen LogP contribution in [-0.2, 0) is 16.6 Å². The first-order valence-electron chi connectivity index (χ1n) is 12.3. The van der Waals surface area contributed by atoms with Crippen LogP contribution < -0.4 is 10.6 Å². The second-order valence-corrected chi connectivity index (χ2v) is 12.1.